The van der Waals surface area contributed by atoms with Gasteiger partial charge >= 0.3 is 6.03 Å². The van der Waals surface area contributed by atoms with Crippen LogP contribution in [0.1, 0.15) is 25.5 Å². The SMILES string of the molecule is C=CN(C(=O)N(N)C(C)C)c1ccc(N2CCN(C(C(=O)NCCN)c3ccccc3)CC2)cc1. The van der Waals surface area contributed by atoms with Crippen LogP contribution in [0.25, 0.3) is 0 Å². The summed E-state index contributed by atoms with van der Waals surface area (Å²) in [6, 6.07) is 16.8. The van der Waals surface area contributed by atoms with E-state index < -0.39 is 0 Å². The predicted octanol–water partition coefficient (Wildman–Crippen LogP) is 2.28. The van der Waals surface area contributed by atoms with Gasteiger partial charge in [0.15, 0.2) is 0 Å². The second-order valence-corrected chi connectivity index (χ2v) is 8.77. The molecule has 2 aromatic rings. The molecule has 0 saturated carbocycles. The molecule has 188 valence electrons. The van der Waals surface area contributed by atoms with Gasteiger partial charge < -0.3 is 16.0 Å². The Bertz CT molecular complexity index is 973. The van der Waals surface area contributed by atoms with Crippen LogP contribution in [0.2, 0.25) is 0 Å². The van der Waals surface area contributed by atoms with Crippen molar-refractivity contribution in [2.75, 3.05) is 49.1 Å². The van der Waals surface area contributed by atoms with Crippen molar-refractivity contribution in [3.05, 3.63) is 72.9 Å². The summed E-state index contributed by atoms with van der Waals surface area (Å²) in [4.78, 5) is 31.5. The standard InChI is InChI=1S/C26H37N7O2/c1-4-32(26(35)33(28)20(2)3)23-12-10-22(11-13-23)30-16-18-31(19-17-30)24(25(34)29-15-14-27)21-8-6-5-7-9-21/h4-13,20,24H,1,14-19,27-28H2,2-3H3,(H,29,34). The van der Waals surface area contributed by atoms with Crippen LogP contribution in [-0.4, -0.2) is 67.2 Å². The van der Waals surface area contributed by atoms with Crippen LogP contribution in [-0.2, 0) is 4.79 Å². The number of urea groups is 1. The first-order valence-electron chi connectivity index (χ1n) is 12.0. The van der Waals surface area contributed by atoms with E-state index in [4.69, 9.17) is 11.6 Å². The smallest absolute Gasteiger partial charge is 0.342 e. The molecule has 9 nitrogen and oxygen atoms in total. The monoisotopic (exact) mass is 479 g/mol. The summed E-state index contributed by atoms with van der Waals surface area (Å²) < 4.78 is 0. The van der Waals surface area contributed by atoms with E-state index in [9.17, 15) is 9.59 Å². The van der Waals surface area contributed by atoms with Gasteiger partial charge in [0.2, 0.25) is 5.91 Å². The van der Waals surface area contributed by atoms with E-state index in [1.54, 1.807) is 0 Å². The van der Waals surface area contributed by atoms with Crippen LogP contribution in [0.5, 0.6) is 0 Å². The molecular weight excluding hydrogens is 442 g/mol. The van der Waals surface area contributed by atoms with Crippen LogP contribution in [0.4, 0.5) is 16.2 Å². The number of piperazine rings is 1. The van der Waals surface area contributed by atoms with Crippen molar-refractivity contribution in [2.24, 2.45) is 11.6 Å². The number of nitrogens with two attached hydrogens (primary N) is 2. The lowest BCUT2D eigenvalue weighted by Crippen LogP contribution is -2.51. The zero-order chi connectivity index (χ0) is 25.4. The molecule has 9 heteroatoms. The van der Waals surface area contributed by atoms with Gasteiger partial charge in [-0.3, -0.25) is 19.6 Å². The van der Waals surface area contributed by atoms with Crippen molar-refractivity contribution >= 4 is 23.3 Å². The summed E-state index contributed by atoms with van der Waals surface area (Å²) in [6.45, 7) is 11.4. The summed E-state index contributed by atoms with van der Waals surface area (Å²) in [5.41, 5.74) is 8.32. The Hall–Kier alpha value is -3.40. The van der Waals surface area contributed by atoms with Gasteiger partial charge in [0.05, 0.1) is 5.69 Å². The summed E-state index contributed by atoms with van der Waals surface area (Å²) in [5.74, 6) is 5.87. The second kappa shape index (κ2) is 12.3. The Kier molecular flexibility index (Phi) is 9.25. The van der Waals surface area contributed by atoms with Crippen molar-refractivity contribution in [1.29, 1.82) is 0 Å². The van der Waals surface area contributed by atoms with Gasteiger partial charge in [0.25, 0.3) is 0 Å². The molecule has 1 aliphatic rings. The maximum atomic E-state index is 13.0. The van der Waals surface area contributed by atoms with Crippen molar-refractivity contribution in [1.82, 2.24) is 15.2 Å². The van der Waals surface area contributed by atoms with E-state index >= 15 is 0 Å². The summed E-state index contributed by atoms with van der Waals surface area (Å²) in [5, 5.41) is 4.13. The molecule has 0 aliphatic carbocycles. The maximum absolute atomic E-state index is 13.0. The number of hydrogen-bond donors (Lipinski definition) is 3. The van der Waals surface area contributed by atoms with Crippen LogP contribution < -0.4 is 26.7 Å². The molecular formula is C26H37N7O2. The number of hydrazine groups is 1. The number of nitrogens with one attached hydrogen (secondary N) is 1. The Balaban J connectivity index is 1.68. The Labute approximate surface area is 207 Å². The van der Waals surface area contributed by atoms with E-state index in [1.165, 1.54) is 16.1 Å². The van der Waals surface area contributed by atoms with Crippen molar-refractivity contribution in [3.63, 3.8) is 0 Å². The van der Waals surface area contributed by atoms with Gasteiger partial charge in [-0.05, 0) is 43.7 Å². The molecule has 0 aromatic heterocycles. The molecule has 1 atom stereocenters. The highest BCUT2D eigenvalue weighted by Gasteiger charge is 2.30. The normalized spacial score (nSPS) is 14.9. The van der Waals surface area contributed by atoms with E-state index in [2.05, 4.69) is 21.7 Å². The third kappa shape index (κ3) is 6.39. The highest BCUT2D eigenvalue weighted by atomic mass is 16.2. The zero-order valence-corrected chi connectivity index (χ0v) is 20.6. The number of hydrogen-bond acceptors (Lipinski definition) is 6. The number of nitrogens with zero attached hydrogens (tertiary/aromatic N) is 4. The van der Waals surface area contributed by atoms with Gasteiger partial charge in [-0.15, -0.1) is 0 Å². The number of carbonyl (C=O) groups is 2. The Morgan fingerprint density at radius 2 is 1.69 bits per heavy atom. The van der Waals surface area contributed by atoms with E-state index in [0.717, 1.165) is 37.4 Å². The van der Waals surface area contributed by atoms with E-state index in [-0.39, 0.29) is 24.0 Å². The van der Waals surface area contributed by atoms with Crippen LogP contribution >= 0.6 is 0 Å². The predicted molar refractivity (Wildman–Crippen MR) is 141 cm³/mol. The number of anilines is 2. The van der Waals surface area contributed by atoms with Crippen molar-refractivity contribution < 1.29 is 9.59 Å². The lowest BCUT2D eigenvalue weighted by atomic mass is 10.0. The molecule has 1 unspecified atom stereocenters. The number of amides is 3. The number of carbonyl (C=O) groups excluding carboxylic acids is 2. The van der Waals surface area contributed by atoms with E-state index in [1.807, 2.05) is 68.4 Å². The largest absolute Gasteiger partial charge is 0.369 e. The minimum absolute atomic E-state index is 0.0241. The molecule has 3 rings (SSSR count). The molecule has 0 spiro atoms. The first kappa shape index (κ1) is 26.2. The van der Waals surface area contributed by atoms with Crippen molar-refractivity contribution in [3.8, 4) is 0 Å². The number of benzene rings is 2. The van der Waals surface area contributed by atoms with Gasteiger partial charge in [-0.25, -0.2) is 10.6 Å². The molecule has 0 radical (unpaired) electrons. The molecule has 3 amide bonds. The third-order valence-corrected chi connectivity index (χ3v) is 6.15. The first-order valence-corrected chi connectivity index (χ1v) is 12.0. The fraction of sp³-hybridized carbons (Fsp3) is 0.385. The topological polar surface area (TPSA) is 111 Å². The van der Waals surface area contributed by atoms with Crippen LogP contribution in [0.15, 0.2) is 67.4 Å². The highest BCUT2D eigenvalue weighted by molar-refractivity contribution is 5.93. The molecule has 1 fully saturated rings. The molecule has 5 N–H and O–H groups in total. The van der Waals surface area contributed by atoms with Gasteiger partial charge in [0, 0.05) is 57.2 Å². The lowest BCUT2D eigenvalue weighted by molar-refractivity contribution is -0.126. The molecule has 2 aromatic carbocycles. The Morgan fingerprint density at radius 3 is 2.23 bits per heavy atom. The summed E-state index contributed by atoms with van der Waals surface area (Å²) >= 11 is 0. The first-order chi connectivity index (χ1) is 16.9. The summed E-state index contributed by atoms with van der Waals surface area (Å²) in [6.07, 6.45) is 1.47. The Morgan fingerprint density at radius 1 is 1.06 bits per heavy atom. The van der Waals surface area contributed by atoms with Gasteiger partial charge in [-0.2, -0.15) is 0 Å². The fourth-order valence-corrected chi connectivity index (χ4v) is 4.16. The van der Waals surface area contributed by atoms with Gasteiger partial charge in [0.1, 0.15) is 6.04 Å². The average Bonchev–Trinajstić information content (AvgIpc) is 2.89. The molecule has 1 heterocycles. The summed E-state index contributed by atoms with van der Waals surface area (Å²) in [7, 11) is 0. The molecule has 35 heavy (non-hydrogen) atoms. The van der Waals surface area contributed by atoms with Crippen LogP contribution in [0.3, 0.4) is 0 Å². The van der Waals surface area contributed by atoms with Crippen molar-refractivity contribution in [2.45, 2.75) is 25.9 Å². The lowest BCUT2D eigenvalue weighted by Gasteiger charge is -2.40. The minimum Gasteiger partial charge on any atom is -0.369 e. The van der Waals surface area contributed by atoms with Gasteiger partial charge in [-0.1, -0.05) is 36.9 Å². The fourth-order valence-electron chi connectivity index (χ4n) is 4.16. The third-order valence-electron chi connectivity index (χ3n) is 6.15. The molecule has 1 saturated heterocycles. The number of rotatable bonds is 9. The maximum Gasteiger partial charge on any atom is 0.342 e. The van der Waals surface area contributed by atoms with Crippen LogP contribution in [0, 0.1) is 0 Å². The second-order valence-electron chi connectivity index (χ2n) is 8.77. The minimum atomic E-state index is -0.348. The zero-order valence-electron chi connectivity index (χ0n) is 20.6. The molecule has 0 bridgehead atoms. The van der Waals surface area contributed by atoms with E-state index in [0.29, 0.717) is 18.8 Å². The quantitative estimate of drug-likeness (QED) is 0.289. The highest BCUT2D eigenvalue weighted by Crippen LogP contribution is 2.26. The molecule has 1 aliphatic heterocycles. The average molecular weight is 480 g/mol.